The predicted octanol–water partition coefficient (Wildman–Crippen LogP) is 4.48. The zero-order chi connectivity index (χ0) is 21.3. The summed E-state index contributed by atoms with van der Waals surface area (Å²) in [6.07, 6.45) is 3.19. The minimum atomic E-state index is -0.820. The van der Waals surface area contributed by atoms with E-state index in [1.807, 2.05) is 6.07 Å². The number of aromatic nitrogens is 1. The number of ether oxygens (including phenoxy) is 1. The zero-order valence-corrected chi connectivity index (χ0v) is 17.5. The van der Waals surface area contributed by atoms with Gasteiger partial charge >= 0.3 is 0 Å². The highest BCUT2D eigenvalue weighted by Gasteiger charge is 2.47. The number of amides is 1. The van der Waals surface area contributed by atoms with Gasteiger partial charge in [0.15, 0.2) is 0 Å². The molecule has 1 N–H and O–H groups in total. The van der Waals surface area contributed by atoms with Gasteiger partial charge in [-0.3, -0.25) is 19.5 Å². The number of ketones is 1. The molecule has 2 heterocycles. The van der Waals surface area contributed by atoms with Crippen LogP contribution in [0.25, 0.3) is 5.76 Å². The molecule has 1 saturated heterocycles. The molecule has 7 heteroatoms. The SMILES string of the molecule is COc1cccc(/C(O)=C2\C(=O)C(=O)N(c3cccc(Br)c3)C2c2cccnc2)c1. The Balaban J connectivity index is 1.94. The van der Waals surface area contributed by atoms with Gasteiger partial charge < -0.3 is 9.84 Å². The maximum Gasteiger partial charge on any atom is 0.300 e. The van der Waals surface area contributed by atoms with Gasteiger partial charge in [-0.05, 0) is 42.0 Å². The molecule has 1 aliphatic heterocycles. The molecular weight excluding hydrogens is 448 g/mol. The average Bonchev–Trinajstić information content (AvgIpc) is 3.04. The number of pyridine rings is 1. The Kier molecular flexibility index (Phi) is 5.37. The number of carbonyl (C=O) groups is 2. The molecule has 1 amide bonds. The van der Waals surface area contributed by atoms with Crippen molar-refractivity contribution < 1.29 is 19.4 Å². The van der Waals surface area contributed by atoms with Gasteiger partial charge in [0.1, 0.15) is 11.5 Å². The quantitative estimate of drug-likeness (QED) is 0.349. The van der Waals surface area contributed by atoms with E-state index in [2.05, 4.69) is 20.9 Å². The molecule has 1 aromatic heterocycles. The molecule has 0 radical (unpaired) electrons. The van der Waals surface area contributed by atoms with Gasteiger partial charge in [0, 0.05) is 28.1 Å². The molecule has 30 heavy (non-hydrogen) atoms. The Morgan fingerprint density at radius 2 is 1.90 bits per heavy atom. The van der Waals surface area contributed by atoms with Crippen molar-refractivity contribution in [3.63, 3.8) is 0 Å². The summed E-state index contributed by atoms with van der Waals surface area (Å²) in [5.41, 5.74) is 1.53. The fraction of sp³-hybridized carbons (Fsp3) is 0.0870. The Morgan fingerprint density at radius 1 is 1.10 bits per heavy atom. The number of hydrogen-bond donors (Lipinski definition) is 1. The van der Waals surface area contributed by atoms with Gasteiger partial charge in [-0.15, -0.1) is 0 Å². The lowest BCUT2D eigenvalue weighted by molar-refractivity contribution is -0.132. The normalized spacial score (nSPS) is 17.9. The molecule has 0 bridgehead atoms. The molecule has 2 aromatic carbocycles. The molecule has 6 nitrogen and oxygen atoms in total. The molecule has 4 rings (SSSR count). The second-order valence-corrected chi connectivity index (χ2v) is 7.58. The first kappa shape index (κ1) is 19.8. The van der Waals surface area contributed by atoms with Crippen LogP contribution in [0, 0.1) is 0 Å². The largest absolute Gasteiger partial charge is 0.507 e. The summed E-state index contributed by atoms with van der Waals surface area (Å²) >= 11 is 3.41. The lowest BCUT2D eigenvalue weighted by Gasteiger charge is -2.25. The van der Waals surface area contributed by atoms with Crippen molar-refractivity contribution in [3.8, 4) is 5.75 Å². The van der Waals surface area contributed by atoms with Crippen molar-refractivity contribution in [3.05, 3.63) is 94.2 Å². The van der Waals surface area contributed by atoms with E-state index in [1.54, 1.807) is 67.0 Å². The van der Waals surface area contributed by atoms with Gasteiger partial charge in [0.2, 0.25) is 0 Å². The van der Waals surface area contributed by atoms with Crippen LogP contribution in [0.3, 0.4) is 0 Å². The maximum atomic E-state index is 13.1. The smallest absolute Gasteiger partial charge is 0.300 e. The number of nitrogens with zero attached hydrogens (tertiary/aromatic N) is 2. The van der Waals surface area contributed by atoms with Gasteiger partial charge in [0.05, 0.1) is 18.7 Å². The Labute approximate surface area is 181 Å². The van der Waals surface area contributed by atoms with Crippen LogP contribution in [0.2, 0.25) is 0 Å². The van der Waals surface area contributed by atoms with Crippen LogP contribution in [0.4, 0.5) is 5.69 Å². The summed E-state index contributed by atoms with van der Waals surface area (Å²) in [4.78, 5) is 31.6. The summed E-state index contributed by atoms with van der Waals surface area (Å²) in [5, 5.41) is 11.1. The summed E-state index contributed by atoms with van der Waals surface area (Å²) in [6, 6.07) is 16.5. The molecule has 3 aromatic rings. The highest BCUT2D eigenvalue weighted by atomic mass is 79.9. The first-order chi connectivity index (χ1) is 14.5. The van der Waals surface area contributed by atoms with Gasteiger partial charge in [0.25, 0.3) is 11.7 Å². The Hall–Kier alpha value is -3.45. The minimum Gasteiger partial charge on any atom is -0.507 e. The van der Waals surface area contributed by atoms with Crippen molar-refractivity contribution in [2.75, 3.05) is 12.0 Å². The highest BCUT2D eigenvalue weighted by Crippen LogP contribution is 2.42. The van der Waals surface area contributed by atoms with Crippen molar-refractivity contribution in [1.82, 2.24) is 4.98 Å². The molecule has 0 saturated carbocycles. The third-order valence-corrected chi connectivity index (χ3v) is 5.37. The Morgan fingerprint density at radius 3 is 2.60 bits per heavy atom. The summed E-state index contributed by atoms with van der Waals surface area (Å²) in [6.45, 7) is 0. The topological polar surface area (TPSA) is 79.7 Å². The molecular formula is C23H17BrN2O4. The summed E-state index contributed by atoms with van der Waals surface area (Å²) in [5.74, 6) is -1.22. The van der Waals surface area contributed by atoms with E-state index < -0.39 is 17.7 Å². The number of benzene rings is 2. The average molecular weight is 465 g/mol. The van der Waals surface area contributed by atoms with Gasteiger partial charge in [-0.1, -0.05) is 40.2 Å². The van der Waals surface area contributed by atoms with E-state index in [9.17, 15) is 14.7 Å². The number of rotatable bonds is 4. The molecule has 1 unspecified atom stereocenters. The molecule has 0 aliphatic carbocycles. The highest BCUT2D eigenvalue weighted by molar-refractivity contribution is 9.10. The van der Waals surface area contributed by atoms with Crippen LogP contribution in [-0.2, 0) is 9.59 Å². The number of carbonyl (C=O) groups excluding carboxylic acids is 2. The van der Waals surface area contributed by atoms with Gasteiger partial charge in [-0.25, -0.2) is 0 Å². The van der Waals surface area contributed by atoms with E-state index in [4.69, 9.17) is 4.74 Å². The molecule has 1 atom stereocenters. The third-order valence-electron chi connectivity index (χ3n) is 4.87. The van der Waals surface area contributed by atoms with Crippen molar-refractivity contribution in [2.45, 2.75) is 6.04 Å². The maximum absolute atomic E-state index is 13.1. The van der Waals surface area contributed by atoms with Crippen LogP contribution in [0.5, 0.6) is 5.75 Å². The van der Waals surface area contributed by atoms with Crippen LogP contribution in [-0.4, -0.2) is 28.9 Å². The first-order valence-electron chi connectivity index (χ1n) is 9.12. The molecule has 0 spiro atoms. The minimum absolute atomic E-state index is 0.00114. The van der Waals surface area contributed by atoms with Crippen molar-refractivity contribution in [1.29, 1.82) is 0 Å². The second kappa shape index (κ2) is 8.12. The predicted molar refractivity (Wildman–Crippen MR) is 116 cm³/mol. The van der Waals surface area contributed by atoms with Crippen molar-refractivity contribution in [2.24, 2.45) is 0 Å². The standard InChI is InChI=1S/C23H17BrN2O4/c1-30-18-9-2-5-14(11-18)21(27)19-20(15-6-4-10-25-13-15)26(23(29)22(19)28)17-8-3-7-16(24)12-17/h2-13,20,27H,1H3/b21-19+. The molecule has 1 fully saturated rings. The van der Waals surface area contributed by atoms with Crippen LogP contribution < -0.4 is 9.64 Å². The summed E-state index contributed by atoms with van der Waals surface area (Å²) in [7, 11) is 1.51. The zero-order valence-electron chi connectivity index (χ0n) is 15.9. The number of aliphatic hydroxyl groups is 1. The number of Topliss-reactive ketones (excluding diaryl/α,β-unsaturated/α-hetero) is 1. The number of aliphatic hydroxyl groups excluding tert-OH is 1. The van der Waals surface area contributed by atoms with E-state index in [-0.39, 0.29) is 11.3 Å². The monoisotopic (exact) mass is 464 g/mol. The van der Waals surface area contributed by atoms with Crippen LogP contribution in [0.1, 0.15) is 17.2 Å². The molecule has 150 valence electrons. The van der Waals surface area contributed by atoms with Gasteiger partial charge in [-0.2, -0.15) is 0 Å². The van der Waals surface area contributed by atoms with Crippen LogP contribution >= 0.6 is 15.9 Å². The first-order valence-corrected chi connectivity index (χ1v) is 9.91. The Bertz CT molecular complexity index is 1160. The number of anilines is 1. The third kappa shape index (κ3) is 3.48. The second-order valence-electron chi connectivity index (χ2n) is 6.67. The van der Waals surface area contributed by atoms with Crippen molar-refractivity contribution >= 4 is 39.1 Å². The van der Waals surface area contributed by atoms with E-state index in [1.165, 1.54) is 12.0 Å². The summed E-state index contributed by atoms with van der Waals surface area (Å²) < 4.78 is 5.98. The molecule has 1 aliphatic rings. The lowest BCUT2D eigenvalue weighted by Crippen LogP contribution is -2.29. The number of methoxy groups -OCH3 is 1. The van der Waals surface area contributed by atoms with Crippen LogP contribution in [0.15, 0.2) is 83.1 Å². The fourth-order valence-electron chi connectivity index (χ4n) is 3.50. The number of hydrogen-bond acceptors (Lipinski definition) is 5. The van der Waals surface area contributed by atoms with E-state index >= 15 is 0 Å². The lowest BCUT2D eigenvalue weighted by atomic mass is 9.96. The van der Waals surface area contributed by atoms with E-state index in [0.29, 0.717) is 22.6 Å². The van der Waals surface area contributed by atoms with E-state index in [0.717, 1.165) is 4.47 Å². The fourth-order valence-corrected chi connectivity index (χ4v) is 3.89. The number of halogens is 1.